The Morgan fingerprint density at radius 1 is 0.794 bits per heavy atom. The molecule has 2 unspecified atom stereocenters. The highest BCUT2D eigenvalue weighted by molar-refractivity contribution is 5.90. The highest BCUT2D eigenvalue weighted by Crippen LogP contribution is 2.39. The fourth-order valence-electron chi connectivity index (χ4n) is 3.84. The van der Waals surface area contributed by atoms with Crippen LogP contribution in [0.3, 0.4) is 0 Å². The van der Waals surface area contributed by atoms with E-state index in [1.165, 1.54) is 48.5 Å². The number of nitro groups is 2. The van der Waals surface area contributed by atoms with E-state index in [0.717, 1.165) is 11.1 Å². The zero-order valence-electron chi connectivity index (χ0n) is 17.7. The van der Waals surface area contributed by atoms with Crippen molar-refractivity contribution in [2.75, 3.05) is 6.61 Å². The van der Waals surface area contributed by atoms with Crippen molar-refractivity contribution in [2.45, 2.75) is 12.5 Å². The van der Waals surface area contributed by atoms with E-state index < -0.39 is 27.9 Å². The van der Waals surface area contributed by atoms with Crippen molar-refractivity contribution in [1.82, 2.24) is 0 Å². The minimum absolute atomic E-state index is 0.0390. The number of fused-ring (bicyclic) bond motifs is 1. The maximum Gasteiger partial charge on any atom is 0.338 e. The van der Waals surface area contributed by atoms with Crippen molar-refractivity contribution in [3.8, 4) is 0 Å². The molecule has 1 aliphatic carbocycles. The standard InChI is InChI=1S/C24H18N2O8/c27-23(15-5-9-19(10-6-15)25(29)30)33-14-18-13-17-3-1-2-4-21(17)22(18)34-24(28)16-7-11-20(12-8-16)26(31)32/h1-12,18,22H,13-14H2. The quantitative estimate of drug-likeness (QED) is 0.285. The van der Waals surface area contributed by atoms with E-state index in [0.29, 0.717) is 6.42 Å². The van der Waals surface area contributed by atoms with Crippen molar-refractivity contribution in [2.24, 2.45) is 5.92 Å². The number of benzene rings is 3. The van der Waals surface area contributed by atoms with Gasteiger partial charge in [-0.2, -0.15) is 0 Å². The molecular formula is C24H18N2O8. The predicted molar refractivity (Wildman–Crippen MR) is 118 cm³/mol. The molecule has 0 fully saturated rings. The van der Waals surface area contributed by atoms with Crippen LogP contribution in [0.1, 0.15) is 37.9 Å². The van der Waals surface area contributed by atoms with Gasteiger partial charge in [0.05, 0.1) is 27.6 Å². The van der Waals surface area contributed by atoms with Gasteiger partial charge in [-0.25, -0.2) is 9.59 Å². The van der Waals surface area contributed by atoms with Crippen LogP contribution in [-0.2, 0) is 15.9 Å². The van der Waals surface area contributed by atoms with Crippen LogP contribution in [0.15, 0.2) is 72.8 Å². The number of ether oxygens (including phenoxy) is 2. The van der Waals surface area contributed by atoms with Gasteiger partial charge in [0, 0.05) is 30.2 Å². The second-order valence-electron chi connectivity index (χ2n) is 7.70. The van der Waals surface area contributed by atoms with E-state index >= 15 is 0 Å². The number of carbonyl (C=O) groups is 2. The molecule has 0 bridgehead atoms. The summed E-state index contributed by atoms with van der Waals surface area (Å²) in [6, 6.07) is 17.6. The third kappa shape index (κ3) is 4.75. The highest BCUT2D eigenvalue weighted by atomic mass is 16.6. The lowest BCUT2D eigenvalue weighted by atomic mass is 10.0. The van der Waals surface area contributed by atoms with Crippen LogP contribution in [-0.4, -0.2) is 28.4 Å². The van der Waals surface area contributed by atoms with E-state index in [1.807, 2.05) is 24.3 Å². The molecule has 2 atom stereocenters. The fourth-order valence-corrected chi connectivity index (χ4v) is 3.84. The normalized spacial score (nSPS) is 16.4. The highest BCUT2D eigenvalue weighted by Gasteiger charge is 2.36. The van der Waals surface area contributed by atoms with E-state index in [-0.39, 0.29) is 35.0 Å². The Balaban J connectivity index is 1.47. The molecule has 0 saturated heterocycles. The molecule has 3 aromatic rings. The lowest BCUT2D eigenvalue weighted by Crippen LogP contribution is -2.22. The first-order valence-electron chi connectivity index (χ1n) is 10.3. The molecule has 0 aromatic heterocycles. The van der Waals surface area contributed by atoms with Gasteiger partial charge in [0.2, 0.25) is 0 Å². The number of hydrogen-bond donors (Lipinski definition) is 0. The molecule has 10 nitrogen and oxygen atoms in total. The molecule has 1 aliphatic rings. The molecular weight excluding hydrogens is 444 g/mol. The van der Waals surface area contributed by atoms with Crippen LogP contribution in [0.5, 0.6) is 0 Å². The number of nitrogens with zero attached hydrogens (tertiary/aromatic N) is 2. The van der Waals surface area contributed by atoms with Crippen LogP contribution >= 0.6 is 0 Å². The SMILES string of the molecule is O=C(OCC1Cc2ccccc2C1OC(=O)c1ccc([N+](=O)[O-])cc1)c1ccc([N+](=O)[O-])cc1. The molecule has 0 radical (unpaired) electrons. The van der Waals surface area contributed by atoms with Gasteiger partial charge in [-0.3, -0.25) is 20.2 Å². The van der Waals surface area contributed by atoms with Gasteiger partial charge in [-0.1, -0.05) is 24.3 Å². The van der Waals surface area contributed by atoms with Crippen LogP contribution < -0.4 is 0 Å². The van der Waals surface area contributed by atoms with E-state index in [2.05, 4.69) is 0 Å². The van der Waals surface area contributed by atoms with E-state index in [1.54, 1.807) is 0 Å². The molecule has 0 heterocycles. The number of carbonyl (C=O) groups excluding carboxylic acids is 2. The zero-order chi connectivity index (χ0) is 24.2. The Morgan fingerprint density at radius 2 is 1.32 bits per heavy atom. The average molecular weight is 462 g/mol. The topological polar surface area (TPSA) is 139 Å². The lowest BCUT2D eigenvalue weighted by molar-refractivity contribution is -0.385. The summed E-state index contributed by atoms with van der Waals surface area (Å²) in [6.07, 6.45) is -0.161. The molecule has 0 N–H and O–H groups in total. The molecule has 10 heteroatoms. The van der Waals surface area contributed by atoms with Crippen molar-refractivity contribution >= 4 is 23.3 Å². The molecule has 4 rings (SSSR count). The van der Waals surface area contributed by atoms with Gasteiger partial charge in [-0.05, 0) is 41.8 Å². The largest absolute Gasteiger partial charge is 0.462 e. The number of rotatable bonds is 7. The second kappa shape index (κ2) is 9.49. The number of nitro benzene ring substituents is 2. The van der Waals surface area contributed by atoms with Gasteiger partial charge >= 0.3 is 11.9 Å². The Labute approximate surface area is 193 Å². The van der Waals surface area contributed by atoms with Gasteiger partial charge in [0.15, 0.2) is 0 Å². The van der Waals surface area contributed by atoms with E-state index in [4.69, 9.17) is 9.47 Å². The van der Waals surface area contributed by atoms with Crippen molar-refractivity contribution in [3.63, 3.8) is 0 Å². The van der Waals surface area contributed by atoms with Gasteiger partial charge < -0.3 is 9.47 Å². The number of hydrogen-bond acceptors (Lipinski definition) is 8. The third-order valence-corrected chi connectivity index (χ3v) is 5.56. The first-order chi connectivity index (χ1) is 16.3. The zero-order valence-corrected chi connectivity index (χ0v) is 17.7. The van der Waals surface area contributed by atoms with Crippen LogP contribution in [0.25, 0.3) is 0 Å². The summed E-state index contributed by atoms with van der Waals surface area (Å²) in [6.45, 7) is -0.0390. The number of esters is 2. The Morgan fingerprint density at radius 3 is 1.88 bits per heavy atom. The van der Waals surface area contributed by atoms with Gasteiger partial charge in [0.25, 0.3) is 11.4 Å². The minimum Gasteiger partial charge on any atom is -0.462 e. The van der Waals surface area contributed by atoms with E-state index in [9.17, 15) is 29.8 Å². The summed E-state index contributed by atoms with van der Waals surface area (Å²) in [4.78, 5) is 45.7. The van der Waals surface area contributed by atoms with Crippen LogP contribution in [0.2, 0.25) is 0 Å². The summed E-state index contributed by atoms with van der Waals surface area (Å²) >= 11 is 0. The van der Waals surface area contributed by atoms with Crippen molar-refractivity contribution in [1.29, 1.82) is 0 Å². The average Bonchev–Trinajstić information content (AvgIpc) is 3.19. The number of non-ortho nitro benzene ring substituents is 2. The summed E-state index contributed by atoms with van der Waals surface area (Å²) in [5.74, 6) is -1.64. The summed E-state index contributed by atoms with van der Waals surface area (Å²) in [5, 5.41) is 21.6. The summed E-state index contributed by atoms with van der Waals surface area (Å²) < 4.78 is 11.2. The predicted octanol–water partition coefficient (Wildman–Crippen LogP) is 4.43. The molecule has 34 heavy (non-hydrogen) atoms. The maximum atomic E-state index is 12.7. The molecule has 3 aromatic carbocycles. The minimum atomic E-state index is -0.677. The first kappa shape index (κ1) is 22.6. The van der Waals surface area contributed by atoms with Crippen LogP contribution in [0.4, 0.5) is 11.4 Å². The molecule has 172 valence electrons. The Kier molecular flexibility index (Phi) is 6.30. The fraction of sp³-hybridized carbons (Fsp3) is 0.167. The monoisotopic (exact) mass is 462 g/mol. The van der Waals surface area contributed by atoms with Gasteiger partial charge in [-0.15, -0.1) is 0 Å². The lowest BCUT2D eigenvalue weighted by Gasteiger charge is -2.21. The molecule has 0 spiro atoms. The first-order valence-corrected chi connectivity index (χ1v) is 10.3. The van der Waals surface area contributed by atoms with Crippen LogP contribution in [0, 0.1) is 26.1 Å². The van der Waals surface area contributed by atoms with Crippen molar-refractivity contribution < 1.29 is 28.9 Å². The third-order valence-electron chi connectivity index (χ3n) is 5.56. The molecule has 0 aliphatic heterocycles. The summed E-state index contributed by atoms with van der Waals surface area (Å²) in [5.41, 5.74) is 1.81. The summed E-state index contributed by atoms with van der Waals surface area (Å²) in [7, 11) is 0. The Hall–Kier alpha value is -4.60. The second-order valence-corrected chi connectivity index (χ2v) is 7.70. The Bertz CT molecular complexity index is 1250. The molecule has 0 saturated carbocycles. The maximum absolute atomic E-state index is 12.7. The molecule has 0 amide bonds. The smallest absolute Gasteiger partial charge is 0.338 e. The van der Waals surface area contributed by atoms with Crippen molar-refractivity contribution in [3.05, 3.63) is 115 Å². The van der Waals surface area contributed by atoms with Gasteiger partial charge in [0.1, 0.15) is 6.10 Å².